The summed E-state index contributed by atoms with van der Waals surface area (Å²) in [5, 5.41) is 16.3. The minimum atomic E-state index is -1.26. The molecule has 1 unspecified atom stereocenters. The molecule has 7 heteroatoms. The van der Waals surface area contributed by atoms with Crippen molar-refractivity contribution in [3.05, 3.63) is 77.3 Å². The van der Waals surface area contributed by atoms with Gasteiger partial charge in [-0.2, -0.15) is 0 Å². The maximum Gasteiger partial charge on any atom is 0.328 e. The maximum atomic E-state index is 9.55. The number of hydrogen-bond acceptors (Lipinski definition) is 4. The van der Waals surface area contributed by atoms with Crippen molar-refractivity contribution in [2.45, 2.75) is 12.5 Å². The summed E-state index contributed by atoms with van der Waals surface area (Å²) < 4.78 is 6.12. The van der Waals surface area contributed by atoms with Gasteiger partial charge in [-0.1, -0.05) is 54.1 Å². The van der Waals surface area contributed by atoms with Gasteiger partial charge in [0.25, 0.3) is 0 Å². The summed E-state index contributed by atoms with van der Waals surface area (Å²) in [5.74, 6) is -1.78. The van der Waals surface area contributed by atoms with Crippen molar-refractivity contribution in [3.8, 4) is 5.75 Å². The van der Waals surface area contributed by atoms with Crippen LogP contribution >= 0.6 is 11.6 Å². The van der Waals surface area contributed by atoms with Crippen LogP contribution in [0.15, 0.2) is 66.7 Å². The van der Waals surface area contributed by atoms with Gasteiger partial charge < -0.3 is 19.8 Å². The van der Waals surface area contributed by atoms with E-state index in [1.54, 1.807) is 0 Å². The Balaban J connectivity index is 0.000000416. The van der Waals surface area contributed by atoms with E-state index in [0.29, 0.717) is 17.2 Å². The lowest BCUT2D eigenvalue weighted by Crippen LogP contribution is -2.18. The molecule has 2 N–H and O–H groups in total. The Morgan fingerprint density at radius 3 is 2.04 bits per heavy atom. The molecule has 0 aliphatic rings. The Kier molecular flexibility index (Phi) is 10.4. The van der Waals surface area contributed by atoms with Gasteiger partial charge in [0.15, 0.2) is 0 Å². The molecule has 2 rings (SSSR count). The average molecular weight is 406 g/mol. The number of aliphatic carboxylic acids is 2. The van der Waals surface area contributed by atoms with Crippen LogP contribution in [0.2, 0.25) is 5.02 Å². The highest BCUT2D eigenvalue weighted by molar-refractivity contribution is 6.32. The molecule has 0 fully saturated rings. The predicted octanol–water partition coefficient (Wildman–Crippen LogP) is 4.12. The van der Waals surface area contributed by atoms with Gasteiger partial charge in [0, 0.05) is 25.1 Å². The number of carboxylic acid groups (broad SMARTS) is 2. The summed E-state index contributed by atoms with van der Waals surface area (Å²) in [6.45, 7) is 0.962. The van der Waals surface area contributed by atoms with Crippen molar-refractivity contribution >= 4 is 23.5 Å². The fourth-order valence-corrected chi connectivity index (χ4v) is 2.35. The first kappa shape index (κ1) is 23.2. The van der Waals surface area contributed by atoms with Crippen LogP contribution in [0.3, 0.4) is 0 Å². The van der Waals surface area contributed by atoms with Crippen LogP contribution in [0.1, 0.15) is 18.1 Å². The predicted molar refractivity (Wildman–Crippen MR) is 109 cm³/mol. The van der Waals surface area contributed by atoms with E-state index < -0.39 is 11.9 Å². The van der Waals surface area contributed by atoms with Crippen LogP contribution in [-0.4, -0.2) is 47.7 Å². The van der Waals surface area contributed by atoms with Crippen molar-refractivity contribution in [1.29, 1.82) is 0 Å². The van der Waals surface area contributed by atoms with Gasteiger partial charge in [0.05, 0.1) is 5.02 Å². The second-order valence-corrected chi connectivity index (χ2v) is 6.46. The van der Waals surface area contributed by atoms with Crippen molar-refractivity contribution in [3.63, 3.8) is 0 Å². The fourth-order valence-electron chi connectivity index (χ4n) is 2.17. The molecule has 0 saturated carbocycles. The summed E-state index contributed by atoms with van der Waals surface area (Å²) in [6, 6.07) is 17.9. The molecular formula is C21H24ClNO5. The zero-order valence-corrected chi connectivity index (χ0v) is 16.5. The van der Waals surface area contributed by atoms with Crippen LogP contribution in [0, 0.1) is 0 Å². The molecule has 0 aliphatic carbocycles. The molecule has 2 aromatic rings. The number of carboxylic acids is 2. The highest BCUT2D eigenvalue weighted by Crippen LogP contribution is 2.30. The number of benzene rings is 2. The number of carbonyl (C=O) groups is 2. The molecular weight excluding hydrogens is 382 g/mol. The Labute approximate surface area is 169 Å². The first-order valence-corrected chi connectivity index (χ1v) is 8.92. The highest BCUT2D eigenvalue weighted by atomic mass is 35.5. The summed E-state index contributed by atoms with van der Waals surface area (Å²) >= 11 is 6.18. The third kappa shape index (κ3) is 9.75. The lowest BCUT2D eigenvalue weighted by molar-refractivity contribution is -0.134. The molecule has 0 spiro atoms. The largest absolute Gasteiger partial charge is 0.484 e. The van der Waals surface area contributed by atoms with E-state index in [1.807, 2.05) is 42.5 Å². The second-order valence-electron chi connectivity index (χ2n) is 6.05. The molecule has 0 aliphatic heterocycles. The zero-order valence-electron chi connectivity index (χ0n) is 15.8. The number of rotatable bonds is 8. The quantitative estimate of drug-likeness (QED) is 0.642. The molecule has 0 aromatic heterocycles. The summed E-state index contributed by atoms with van der Waals surface area (Å²) in [4.78, 5) is 21.3. The Hall–Kier alpha value is -2.83. The monoisotopic (exact) mass is 405 g/mol. The van der Waals surface area contributed by atoms with Gasteiger partial charge in [-0.05, 0) is 31.8 Å². The molecule has 2 aromatic carbocycles. The minimum absolute atomic E-state index is 0.0125. The van der Waals surface area contributed by atoms with Gasteiger partial charge in [0.2, 0.25) is 0 Å². The van der Waals surface area contributed by atoms with Crippen molar-refractivity contribution in [2.24, 2.45) is 0 Å². The molecule has 150 valence electrons. The minimum Gasteiger partial charge on any atom is -0.484 e. The van der Waals surface area contributed by atoms with Gasteiger partial charge >= 0.3 is 11.9 Å². The molecule has 28 heavy (non-hydrogen) atoms. The number of hydrogen-bond donors (Lipinski definition) is 2. The Bertz CT molecular complexity index is 761. The topological polar surface area (TPSA) is 87.1 Å². The zero-order chi connectivity index (χ0) is 20.9. The van der Waals surface area contributed by atoms with Crippen molar-refractivity contribution < 1.29 is 24.5 Å². The Morgan fingerprint density at radius 1 is 1.00 bits per heavy atom. The standard InChI is InChI=1S/C17H20ClNO.C4H4O4/c1-19(2)13-12-16(14-8-4-3-5-9-14)20-17-11-7-6-10-15(17)18;5-3(6)1-2-4(7)8/h3-11,16H,12-13H2,1-2H3;1-2H,(H,5,6)(H,7,8). The van der Waals surface area contributed by atoms with Gasteiger partial charge in [0.1, 0.15) is 11.9 Å². The Morgan fingerprint density at radius 2 is 1.54 bits per heavy atom. The lowest BCUT2D eigenvalue weighted by atomic mass is 10.1. The van der Waals surface area contributed by atoms with Crippen LogP contribution in [-0.2, 0) is 9.59 Å². The van der Waals surface area contributed by atoms with E-state index in [9.17, 15) is 9.59 Å². The van der Waals surface area contributed by atoms with E-state index in [4.69, 9.17) is 26.6 Å². The average Bonchev–Trinajstić information content (AvgIpc) is 2.66. The summed E-state index contributed by atoms with van der Waals surface area (Å²) in [6.07, 6.45) is 2.05. The van der Waals surface area contributed by atoms with E-state index >= 15 is 0 Å². The summed E-state index contributed by atoms with van der Waals surface area (Å²) in [5.41, 5.74) is 1.18. The number of para-hydroxylation sites is 1. The first-order chi connectivity index (χ1) is 13.3. The maximum absolute atomic E-state index is 9.55. The third-order valence-corrected chi connectivity index (χ3v) is 3.80. The van der Waals surface area contributed by atoms with Crippen LogP contribution < -0.4 is 4.74 Å². The third-order valence-electron chi connectivity index (χ3n) is 3.48. The number of halogens is 1. The van der Waals surface area contributed by atoms with E-state index in [2.05, 4.69) is 31.1 Å². The van der Waals surface area contributed by atoms with Gasteiger partial charge in [-0.15, -0.1) is 0 Å². The van der Waals surface area contributed by atoms with Crippen molar-refractivity contribution in [1.82, 2.24) is 4.90 Å². The van der Waals surface area contributed by atoms with Crippen LogP contribution in [0.25, 0.3) is 0 Å². The van der Waals surface area contributed by atoms with Crippen molar-refractivity contribution in [2.75, 3.05) is 20.6 Å². The SMILES string of the molecule is CN(C)CCC(Oc1ccccc1Cl)c1ccccc1.O=C(O)C=CC(=O)O. The first-order valence-electron chi connectivity index (χ1n) is 8.54. The van der Waals surface area contributed by atoms with Crippen LogP contribution in [0.4, 0.5) is 0 Å². The summed E-state index contributed by atoms with van der Waals surface area (Å²) in [7, 11) is 4.13. The normalized spacial score (nSPS) is 11.6. The smallest absolute Gasteiger partial charge is 0.328 e. The molecule has 0 amide bonds. The number of nitrogens with zero attached hydrogens (tertiary/aromatic N) is 1. The van der Waals surface area contributed by atoms with E-state index in [1.165, 1.54) is 5.56 Å². The van der Waals surface area contributed by atoms with E-state index in [0.717, 1.165) is 18.7 Å². The molecule has 0 heterocycles. The molecule has 6 nitrogen and oxygen atoms in total. The van der Waals surface area contributed by atoms with E-state index in [-0.39, 0.29) is 6.10 Å². The highest BCUT2D eigenvalue weighted by Gasteiger charge is 2.15. The molecule has 0 radical (unpaired) electrons. The lowest BCUT2D eigenvalue weighted by Gasteiger charge is -2.22. The molecule has 0 bridgehead atoms. The van der Waals surface area contributed by atoms with Gasteiger partial charge in [-0.3, -0.25) is 0 Å². The second kappa shape index (κ2) is 12.5. The molecule has 1 atom stereocenters. The van der Waals surface area contributed by atoms with Crippen LogP contribution in [0.5, 0.6) is 5.75 Å². The molecule has 0 saturated heterocycles. The van der Waals surface area contributed by atoms with Gasteiger partial charge in [-0.25, -0.2) is 9.59 Å². The number of ether oxygens (including phenoxy) is 1. The fraction of sp³-hybridized carbons (Fsp3) is 0.238.